The van der Waals surface area contributed by atoms with Gasteiger partial charge in [0.25, 0.3) is 10.0 Å². The molecule has 0 spiro atoms. The fraction of sp³-hybridized carbons (Fsp3) is 0. The summed E-state index contributed by atoms with van der Waals surface area (Å²) in [6, 6.07) is 13.1. The Balaban J connectivity index is 2.33. The molecular formula is C13H11BrN2O2S2. The molecule has 0 aromatic heterocycles. The van der Waals surface area contributed by atoms with Gasteiger partial charge in [0.1, 0.15) is 4.99 Å². The van der Waals surface area contributed by atoms with Gasteiger partial charge in [-0.25, -0.2) is 8.42 Å². The summed E-state index contributed by atoms with van der Waals surface area (Å²) in [6.07, 6.45) is 0. The van der Waals surface area contributed by atoms with Crippen LogP contribution in [-0.2, 0) is 10.0 Å². The zero-order valence-electron chi connectivity index (χ0n) is 10.2. The first kappa shape index (κ1) is 15.0. The van der Waals surface area contributed by atoms with Crippen LogP contribution in [0.15, 0.2) is 57.9 Å². The van der Waals surface area contributed by atoms with Gasteiger partial charge in [0.2, 0.25) is 0 Å². The van der Waals surface area contributed by atoms with E-state index in [1.807, 2.05) is 0 Å². The zero-order chi connectivity index (χ0) is 14.8. The van der Waals surface area contributed by atoms with E-state index >= 15 is 0 Å². The molecule has 104 valence electrons. The van der Waals surface area contributed by atoms with Crippen molar-refractivity contribution in [1.29, 1.82) is 0 Å². The van der Waals surface area contributed by atoms with Crippen molar-refractivity contribution >= 4 is 48.8 Å². The van der Waals surface area contributed by atoms with Crippen LogP contribution >= 0.6 is 28.1 Å². The first-order valence-electron chi connectivity index (χ1n) is 5.57. The highest BCUT2D eigenvalue weighted by Crippen LogP contribution is 2.20. The highest BCUT2D eigenvalue weighted by Gasteiger charge is 2.14. The van der Waals surface area contributed by atoms with Crippen LogP contribution in [0.3, 0.4) is 0 Å². The smallest absolute Gasteiger partial charge is 0.261 e. The molecule has 4 nitrogen and oxygen atoms in total. The Morgan fingerprint density at radius 2 is 1.85 bits per heavy atom. The Bertz CT molecular complexity index is 760. The second-order valence-electron chi connectivity index (χ2n) is 4.01. The van der Waals surface area contributed by atoms with Crippen LogP contribution < -0.4 is 10.5 Å². The van der Waals surface area contributed by atoms with E-state index < -0.39 is 10.0 Å². The van der Waals surface area contributed by atoms with Crippen molar-refractivity contribution in [3.05, 3.63) is 58.6 Å². The summed E-state index contributed by atoms with van der Waals surface area (Å²) in [4.78, 5) is 0.390. The molecule has 0 atom stereocenters. The molecule has 0 bridgehead atoms. The largest absolute Gasteiger partial charge is 0.389 e. The normalized spacial score (nSPS) is 11.1. The Kier molecular flexibility index (Phi) is 4.42. The third-order valence-electron chi connectivity index (χ3n) is 2.51. The lowest BCUT2D eigenvalue weighted by Gasteiger charge is -2.09. The fourth-order valence-electron chi connectivity index (χ4n) is 1.58. The molecule has 3 N–H and O–H groups in total. The Labute approximate surface area is 131 Å². The van der Waals surface area contributed by atoms with Gasteiger partial charge in [0.05, 0.1) is 4.90 Å². The van der Waals surface area contributed by atoms with Crippen molar-refractivity contribution in [1.82, 2.24) is 0 Å². The number of sulfonamides is 1. The third kappa shape index (κ3) is 3.56. The van der Waals surface area contributed by atoms with Crippen molar-refractivity contribution < 1.29 is 8.42 Å². The molecule has 2 aromatic carbocycles. The first-order valence-corrected chi connectivity index (χ1v) is 8.25. The Hall–Kier alpha value is -1.44. The van der Waals surface area contributed by atoms with Gasteiger partial charge in [-0.05, 0) is 30.3 Å². The molecule has 0 fully saturated rings. The molecular weight excluding hydrogens is 360 g/mol. The van der Waals surface area contributed by atoms with E-state index in [4.69, 9.17) is 18.0 Å². The number of rotatable bonds is 4. The van der Waals surface area contributed by atoms with Gasteiger partial charge in [-0.1, -0.05) is 46.3 Å². The van der Waals surface area contributed by atoms with Crippen molar-refractivity contribution in [3.8, 4) is 0 Å². The number of halogens is 1. The summed E-state index contributed by atoms with van der Waals surface area (Å²) in [6.45, 7) is 0. The van der Waals surface area contributed by atoms with Crippen molar-refractivity contribution in [2.24, 2.45) is 5.73 Å². The molecule has 7 heteroatoms. The van der Waals surface area contributed by atoms with Gasteiger partial charge in [-0.3, -0.25) is 4.72 Å². The van der Waals surface area contributed by atoms with E-state index in [2.05, 4.69) is 20.7 Å². The Morgan fingerprint density at radius 1 is 1.15 bits per heavy atom. The molecule has 2 aromatic rings. The van der Waals surface area contributed by atoms with Gasteiger partial charge in [-0.15, -0.1) is 0 Å². The number of thiocarbonyl (C=S) groups is 1. The topological polar surface area (TPSA) is 72.2 Å². The van der Waals surface area contributed by atoms with Gasteiger partial charge in [0.15, 0.2) is 0 Å². The third-order valence-corrected chi connectivity index (χ3v) is 4.61. The SMILES string of the molecule is NC(=S)c1cccc(NS(=O)(=O)c2cccc(Br)c2)c1. The first-order chi connectivity index (χ1) is 9.38. The summed E-state index contributed by atoms with van der Waals surface area (Å²) >= 11 is 8.11. The standard InChI is InChI=1S/C13H11BrN2O2S2/c14-10-4-2-6-12(8-10)20(17,18)16-11-5-1-3-9(7-11)13(15)19/h1-8,16H,(H2,15,19). The maximum Gasteiger partial charge on any atom is 0.261 e. The summed E-state index contributed by atoms with van der Waals surface area (Å²) < 4.78 is 27.7. The summed E-state index contributed by atoms with van der Waals surface area (Å²) in [5.41, 5.74) is 6.54. The minimum atomic E-state index is -3.64. The van der Waals surface area contributed by atoms with Crippen LogP contribution in [0.1, 0.15) is 5.56 Å². The van der Waals surface area contributed by atoms with E-state index in [-0.39, 0.29) is 9.88 Å². The second kappa shape index (κ2) is 5.90. The lowest BCUT2D eigenvalue weighted by molar-refractivity contribution is 0.601. The highest BCUT2D eigenvalue weighted by atomic mass is 79.9. The molecule has 0 aliphatic rings. The number of anilines is 1. The quantitative estimate of drug-likeness (QED) is 0.811. The molecule has 0 heterocycles. The molecule has 0 aliphatic heterocycles. The minimum absolute atomic E-state index is 0.174. The van der Waals surface area contributed by atoms with Gasteiger partial charge in [0, 0.05) is 15.7 Å². The van der Waals surface area contributed by atoms with Gasteiger partial charge < -0.3 is 5.73 Å². The molecule has 0 saturated heterocycles. The maximum atomic E-state index is 12.2. The fourth-order valence-corrected chi connectivity index (χ4v) is 3.36. The molecule has 0 unspecified atom stereocenters. The average Bonchev–Trinajstić information content (AvgIpc) is 2.38. The van der Waals surface area contributed by atoms with Crippen LogP contribution in [0.25, 0.3) is 0 Å². The van der Waals surface area contributed by atoms with E-state index in [1.54, 1.807) is 36.4 Å². The van der Waals surface area contributed by atoms with Gasteiger partial charge >= 0.3 is 0 Å². The van der Waals surface area contributed by atoms with E-state index in [9.17, 15) is 8.42 Å². The highest BCUT2D eigenvalue weighted by molar-refractivity contribution is 9.10. The number of nitrogens with one attached hydrogen (secondary N) is 1. The molecule has 0 saturated carbocycles. The molecule has 0 radical (unpaired) electrons. The number of nitrogens with two attached hydrogens (primary N) is 1. The van der Waals surface area contributed by atoms with Gasteiger partial charge in [-0.2, -0.15) is 0 Å². The van der Waals surface area contributed by atoms with Crippen molar-refractivity contribution in [2.45, 2.75) is 4.90 Å². The van der Waals surface area contributed by atoms with Crippen LogP contribution in [0, 0.1) is 0 Å². The number of hydrogen-bond donors (Lipinski definition) is 2. The molecule has 0 amide bonds. The van der Waals surface area contributed by atoms with Crippen LogP contribution in [0.5, 0.6) is 0 Å². The lowest BCUT2D eigenvalue weighted by atomic mass is 10.2. The number of hydrogen-bond acceptors (Lipinski definition) is 3. The monoisotopic (exact) mass is 370 g/mol. The van der Waals surface area contributed by atoms with Crippen molar-refractivity contribution in [3.63, 3.8) is 0 Å². The Morgan fingerprint density at radius 3 is 2.50 bits per heavy atom. The van der Waals surface area contributed by atoms with Crippen LogP contribution in [-0.4, -0.2) is 13.4 Å². The van der Waals surface area contributed by atoms with E-state index in [1.165, 1.54) is 12.1 Å². The lowest BCUT2D eigenvalue weighted by Crippen LogP contribution is -2.14. The predicted molar refractivity (Wildman–Crippen MR) is 87.3 cm³/mol. The average molecular weight is 371 g/mol. The van der Waals surface area contributed by atoms with Crippen LogP contribution in [0.4, 0.5) is 5.69 Å². The van der Waals surface area contributed by atoms with Crippen molar-refractivity contribution in [2.75, 3.05) is 4.72 Å². The van der Waals surface area contributed by atoms with Crippen LogP contribution in [0.2, 0.25) is 0 Å². The summed E-state index contributed by atoms with van der Waals surface area (Å²) in [5, 5.41) is 0. The molecule has 20 heavy (non-hydrogen) atoms. The zero-order valence-corrected chi connectivity index (χ0v) is 13.4. The van der Waals surface area contributed by atoms with E-state index in [0.717, 1.165) is 0 Å². The minimum Gasteiger partial charge on any atom is -0.389 e. The molecule has 0 aliphatic carbocycles. The summed E-state index contributed by atoms with van der Waals surface area (Å²) in [7, 11) is -3.64. The second-order valence-corrected chi connectivity index (χ2v) is 7.05. The predicted octanol–water partition coefficient (Wildman–Crippen LogP) is 2.88. The summed E-state index contributed by atoms with van der Waals surface area (Å²) in [5.74, 6) is 0. The number of benzene rings is 2. The maximum absolute atomic E-state index is 12.2. The molecule has 2 rings (SSSR count). The van der Waals surface area contributed by atoms with E-state index in [0.29, 0.717) is 15.7 Å².